The first-order valence-corrected chi connectivity index (χ1v) is 21.7. The van der Waals surface area contributed by atoms with Gasteiger partial charge in [0.1, 0.15) is 0 Å². The highest BCUT2D eigenvalue weighted by Gasteiger charge is 2.49. The number of benzene rings is 4. The average molecular weight is 745 g/mol. The zero-order chi connectivity index (χ0) is 37.6. The van der Waals surface area contributed by atoms with Crippen molar-refractivity contribution in [2.24, 2.45) is 10.8 Å². The predicted molar refractivity (Wildman–Crippen MR) is 208 cm³/mol. The largest absolute Gasteiger partial charge is 0.399 e. The van der Waals surface area contributed by atoms with Gasteiger partial charge in [-0.15, -0.1) is 0 Å². The Balaban J connectivity index is 1.32. The molecule has 0 saturated heterocycles. The predicted octanol–water partition coefficient (Wildman–Crippen LogP) is 7.00. The SMILES string of the molecule is CCCC[C@]1(CC)CS(=O)(=O)c2ccc(N)cc2C(c2ccc(Cc3ccc([C@@H]4c5cc(N)ccc5S(=O)(=O)C[C@@](C)(CC)[C@@H]4O)cc3)cc2)[C@@H]1O. The van der Waals surface area contributed by atoms with E-state index >= 15 is 0 Å². The van der Waals surface area contributed by atoms with Crippen LogP contribution in [0.15, 0.2) is 94.7 Å². The van der Waals surface area contributed by atoms with Crippen molar-refractivity contribution in [3.8, 4) is 0 Å². The molecule has 0 fully saturated rings. The number of hydrogen-bond acceptors (Lipinski definition) is 8. The van der Waals surface area contributed by atoms with Crippen LogP contribution in [0.1, 0.15) is 105 Å². The molecular weight excluding hydrogens is 693 g/mol. The van der Waals surface area contributed by atoms with Crippen LogP contribution in [-0.2, 0) is 26.1 Å². The minimum Gasteiger partial charge on any atom is -0.399 e. The molecule has 0 spiro atoms. The molecule has 2 heterocycles. The molecule has 52 heavy (non-hydrogen) atoms. The van der Waals surface area contributed by atoms with Gasteiger partial charge >= 0.3 is 0 Å². The topological polar surface area (TPSA) is 161 Å². The van der Waals surface area contributed by atoms with E-state index in [1.165, 1.54) is 0 Å². The fraction of sp³-hybridized carbons (Fsp3) is 0.429. The highest BCUT2D eigenvalue weighted by molar-refractivity contribution is 7.91. The molecule has 0 aromatic heterocycles. The Morgan fingerprint density at radius 2 is 1.12 bits per heavy atom. The molecule has 2 aliphatic rings. The third kappa shape index (κ3) is 6.91. The molecule has 4 aromatic carbocycles. The summed E-state index contributed by atoms with van der Waals surface area (Å²) >= 11 is 0. The number of unbranched alkanes of at least 4 members (excludes halogenated alkanes) is 1. The Morgan fingerprint density at radius 3 is 1.56 bits per heavy atom. The lowest BCUT2D eigenvalue weighted by Gasteiger charge is -2.39. The van der Waals surface area contributed by atoms with Crippen LogP contribution in [0.3, 0.4) is 0 Å². The molecule has 6 rings (SSSR count). The van der Waals surface area contributed by atoms with Gasteiger partial charge in [-0.3, -0.25) is 0 Å². The second-order valence-corrected chi connectivity index (χ2v) is 19.4. The first-order chi connectivity index (χ1) is 24.6. The minimum absolute atomic E-state index is 0.108. The van der Waals surface area contributed by atoms with Crippen molar-refractivity contribution < 1.29 is 27.0 Å². The number of aliphatic hydroxyl groups excluding tert-OH is 2. The Labute approximate surface area is 309 Å². The van der Waals surface area contributed by atoms with E-state index < -0.39 is 54.5 Å². The van der Waals surface area contributed by atoms with Crippen molar-refractivity contribution in [1.29, 1.82) is 0 Å². The van der Waals surface area contributed by atoms with Crippen LogP contribution in [0.2, 0.25) is 0 Å². The van der Waals surface area contributed by atoms with Crippen molar-refractivity contribution in [1.82, 2.24) is 0 Å². The van der Waals surface area contributed by atoms with E-state index in [0.717, 1.165) is 35.1 Å². The maximum atomic E-state index is 13.8. The second kappa shape index (κ2) is 14.3. The summed E-state index contributed by atoms with van der Waals surface area (Å²) in [5, 5.41) is 24.0. The second-order valence-electron chi connectivity index (χ2n) is 15.4. The van der Waals surface area contributed by atoms with E-state index in [1.54, 1.807) is 36.4 Å². The van der Waals surface area contributed by atoms with E-state index in [-0.39, 0.29) is 21.3 Å². The van der Waals surface area contributed by atoms with Crippen molar-refractivity contribution in [3.63, 3.8) is 0 Å². The molecule has 4 aromatic rings. The number of aliphatic hydroxyl groups is 2. The van der Waals surface area contributed by atoms with Crippen LogP contribution < -0.4 is 11.5 Å². The summed E-state index contributed by atoms with van der Waals surface area (Å²) in [6.45, 7) is 7.79. The van der Waals surface area contributed by atoms with E-state index in [2.05, 4.69) is 6.92 Å². The Hall–Kier alpha value is -3.70. The van der Waals surface area contributed by atoms with E-state index in [0.29, 0.717) is 48.2 Å². The van der Waals surface area contributed by atoms with Crippen LogP contribution in [-0.4, -0.2) is 50.8 Å². The fourth-order valence-electron chi connectivity index (χ4n) is 8.61. The molecule has 10 heteroatoms. The Kier molecular flexibility index (Phi) is 10.4. The molecule has 0 amide bonds. The summed E-state index contributed by atoms with van der Waals surface area (Å²) in [5.74, 6) is -1.40. The molecule has 0 bridgehead atoms. The van der Waals surface area contributed by atoms with Crippen molar-refractivity contribution in [2.75, 3.05) is 23.0 Å². The standard InChI is InChI=1S/C42H52N2O6S2/c1-5-8-21-42(7-3)26-52(49,50)36-20-18-32(44)24-34(36)38(40(42)46)30-15-11-28(12-16-30)22-27-9-13-29(14-10-27)37-33-23-31(43)17-19-35(33)51(47,48)25-41(4,6-2)39(37)45/h9-20,23-24,37-40,45-46H,5-8,21-22,25-26,43-44H2,1-4H3/t37-,38?,39-,40+,41-,42-/m1/s1. The number of hydrogen-bond donors (Lipinski definition) is 4. The number of nitrogen functional groups attached to an aromatic ring is 2. The molecule has 278 valence electrons. The number of rotatable bonds is 9. The summed E-state index contributed by atoms with van der Waals surface area (Å²) in [6, 6.07) is 25.7. The third-order valence-electron chi connectivity index (χ3n) is 12.0. The molecule has 6 N–H and O–H groups in total. The van der Waals surface area contributed by atoms with Gasteiger partial charge in [0.2, 0.25) is 0 Å². The molecule has 1 unspecified atom stereocenters. The fourth-order valence-corrected chi connectivity index (χ4v) is 13.1. The number of fused-ring (bicyclic) bond motifs is 2. The summed E-state index contributed by atoms with van der Waals surface area (Å²) in [7, 11) is -7.34. The number of anilines is 2. The first-order valence-electron chi connectivity index (χ1n) is 18.4. The van der Waals surface area contributed by atoms with Gasteiger partial charge in [0.15, 0.2) is 19.7 Å². The highest BCUT2D eigenvalue weighted by Crippen LogP contribution is 2.50. The maximum Gasteiger partial charge on any atom is 0.179 e. The van der Waals surface area contributed by atoms with E-state index in [4.69, 9.17) is 11.5 Å². The lowest BCUT2D eigenvalue weighted by molar-refractivity contribution is 0.0174. The van der Waals surface area contributed by atoms with Crippen LogP contribution in [0.5, 0.6) is 0 Å². The Bertz CT molecular complexity index is 2150. The van der Waals surface area contributed by atoms with E-state index in [9.17, 15) is 27.0 Å². The summed E-state index contributed by atoms with van der Waals surface area (Å²) in [4.78, 5) is 0.456. The molecule has 6 atom stereocenters. The number of nitrogens with two attached hydrogens (primary N) is 2. The lowest BCUT2D eigenvalue weighted by atomic mass is 9.69. The van der Waals surface area contributed by atoms with Crippen molar-refractivity contribution >= 4 is 31.0 Å². The molecule has 2 aliphatic heterocycles. The Morgan fingerprint density at radius 1 is 0.654 bits per heavy atom. The number of sulfone groups is 2. The van der Waals surface area contributed by atoms with Crippen molar-refractivity contribution in [3.05, 3.63) is 118 Å². The van der Waals surface area contributed by atoms with Crippen LogP contribution in [0.25, 0.3) is 0 Å². The minimum atomic E-state index is -3.69. The summed E-state index contributed by atoms with van der Waals surface area (Å²) < 4.78 is 54.7. The molecule has 8 nitrogen and oxygen atoms in total. The molecule has 0 radical (unpaired) electrons. The van der Waals surface area contributed by atoms with Crippen LogP contribution >= 0.6 is 0 Å². The maximum absolute atomic E-state index is 13.8. The smallest absolute Gasteiger partial charge is 0.179 e. The normalized spacial score (nSPS) is 27.9. The van der Waals surface area contributed by atoms with Gasteiger partial charge in [0.25, 0.3) is 0 Å². The summed E-state index contributed by atoms with van der Waals surface area (Å²) in [6.07, 6.45) is 2.09. The molecule has 0 saturated carbocycles. The van der Waals surface area contributed by atoms with Gasteiger partial charge in [-0.2, -0.15) is 0 Å². The van der Waals surface area contributed by atoms with Gasteiger partial charge in [0.05, 0.1) is 33.5 Å². The third-order valence-corrected chi connectivity index (χ3v) is 16.1. The van der Waals surface area contributed by atoms with Gasteiger partial charge in [-0.25, -0.2) is 16.8 Å². The van der Waals surface area contributed by atoms with Gasteiger partial charge in [-0.1, -0.05) is 89.1 Å². The van der Waals surface area contributed by atoms with Crippen LogP contribution in [0.4, 0.5) is 11.4 Å². The van der Waals surface area contributed by atoms with Gasteiger partial charge < -0.3 is 21.7 Å². The van der Waals surface area contributed by atoms with Crippen molar-refractivity contribution in [2.45, 2.75) is 100 Å². The van der Waals surface area contributed by atoms with E-state index in [1.807, 2.05) is 69.3 Å². The summed E-state index contributed by atoms with van der Waals surface area (Å²) in [5.41, 5.74) is 16.4. The highest BCUT2D eigenvalue weighted by atomic mass is 32.2. The van der Waals surface area contributed by atoms with Gasteiger partial charge in [0, 0.05) is 34.0 Å². The zero-order valence-electron chi connectivity index (χ0n) is 30.5. The molecule has 0 aliphatic carbocycles. The van der Waals surface area contributed by atoms with Gasteiger partial charge in [-0.05, 0) is 95.5 Å². The molecular formula is C42H52N2O6S2. The van der Waals surface area contributed by atoms with Crippen LogP contribution in [0, 0.1) is 10.8 Å². The monoisotopic (exact) mass is 744 g/mol. The first kappa shape index (κ1) is 38.0. The zero-order valence-corrected chi connectivity index (χ0v) is 32.2. The quantitative estimate of drug-likeness (QED) is 0.133. The average Bonchev–Trinajstić information content (AvgIpc) is 3.22. The lowest BCUT2D eigenvalue weighted by Crippen LogP contribution is -2.42.